The molecule has 0 aliphatic carbocycles. The van der Waals surface area contributed by atoms with Crippen LogP contribution in [0.5, 0.6) is 0 Å². The van der Waals surface area contributed by atoms with Gasteiger partial charge in [-0.15, -0.1) is 0 Å². The maximum absolute atomic E-state index is 5.36. The minimum atomic E-state index is -0.0419. The van der Waals surface area contributed by atoms with Gasteiger partial charge in [0.05, 0.1) is 10.9 Å². The van der Waals surface area contributed by atoms with E-state index in [0.717, 1.165) is 22.5 Å². The summed E-state index contributed by atoms with van der Waals surface area (Å²) in [6, 6.07) is 18.6. The molecule has 0 aromatic carbocycles. The smallest absolute Gasteiger partial charge is 0.243 e. The van der Waals surface area contributed by atoms with E-state index in [9.17, 15) is 0 Å². The average Bonchev–Trinajstić information content (AvgIpc) is 3.79. The van der Waals surface area contributed by atoms with Crippen molar-refractivity contribution in [1.29, 1.82) is 0 Å². The van der Waals surface area contributed by atoms with Crippen molar-refractivity contribution in [2.24, 2.45) is 0 Å². The van der Waals surface area contributed by atoms with Gasteiger partial charge in [0.2, 0.25) is 23.4 Å². The van der Waals surface area contributed by atoms with E-state index < -0.39 is 0 Å². The first-order valence-electron chi connectivity index (χ1n) is 15.0. The van der Waals surface area contributed by atoms with Gasteiger partial charge in [0.1, 0.15) is 22.8 Å². The molecule has 240 valence electrons. The molecule has 6 aromatic heterocycles. The molecule has 0 aliphatic heterocycles. The van der Waals surface area contributed by atoms with Crippen LogP contribution in [0.3, 0.4) is 0 Å². The summed E-state index contributed by atoms with van der Waals surface area (Å²) in [6.45, 7) is 10.2. The maximum atomic E-state index is 5.36. The lowest BCUT2D eigenvalue weighted by Crippen LogP contribution is -2.37. The first kappa shape index (κ1) is 33.8. The number of pyridine rings is 4. The van der Waals surface area contributed by atoms with Crippen LogP contribution < -0.4 is 5.32 Å². The fourth-order valence-corrected chi connectivity index (χ4v) is 4.26. The highest BCUT2D eigenvalue weighted by Gasteiger charge is 2.20. The molecule has 11 nitrogen and oxygen atoms in total. The second-order valence-corrected chi connectivity index (χ2v) is 12.8. The lowest BCUT2D eigenvalue weighted by molar-refractivity contribution is 0.297. The van der Waals surface area contributed by atoms with Crippen LogP contribution in [0.1, 0.15) is 79.8 Å². The third-order valence-electron chi connectivity index (χ3n) is 6.23. The normalized spacial score (nSPS) is 12.0. The fraction of sp³-hybridized carbons (Fsp3) is 0.222. The van der Waals surface area contributed by atoms with Crippen LogP contribution >= 0.6 is 15.9 Å². The molecule has 6 heterocycles. The summed E-state index contributed by atoms with van der Waals surface area (Å²) in [5.41, 5.74) is 4.29. The van der Waals surface area contributed by atoms with Crippen LogP contribution in [-0.4, -0.2) is 45.8 Å². The second-order valence-electron chi connectivity index (χ2n) is 11.4. The standard InChI is InChI=1S/C20H21N5O.C16H11BrN4O/c1-14(24-20(2,3)4)19-23-18(25-26-19)17-11-9-15(13-22-17)8-10-16-7-5-6-12-21-16;1-11(17)16-20-15(21-22-16)14-8-6-12(10-19-14)5-7-13-4-2-3-9-18-13/h5-7,9,11-14,24H,1-4H3;2-4,6,8-11H,1H3. The molecule has 6 rings (SSSR count). The van der Waals surface area contributed by atoms with Crippen LogP contribution in [0, 0.1) is 23.7 Å². The lowest BCUT2D eigenvalue weighted by atomic mass is 10.1. The zero-order valence-corrected chi connectivity index (χ0v) is 28.6. The van der Waals surface area contributed by atoms with Crippen molar-refractivity contribution in [1.82, 2.24) is 45.5 Å². The Hall–Kier alpha value is -5.56. The third-order valence-corrected chi connectivity index (χ3v) is 6.62. The van der Waals surface area contributed by atoms with Crippen LogP contribution in [-0.2, 0) is 0 Å². The Kier molecular flexibility index (Phi) is 11.1. The highest BCUT2D eigenvalue weighted by molar-refractivity contribution is 9.09. The van der Waals surface area contributed by atoms with Crippen molar-refractivity contribution in [2.45, 2.75) is 51.0 Å². The van der Waals surface area contributed by atoms with Gasteiger partial charge < -0.3 is 14.4 Å². The van der Waals surface area contributed by atoms with Crippen LogP contribution in [0.2, 0.25) is 0 Å². The zero-order valence-electron chi connectivity index (χ0n) is 27.0. The van der Waals surface area contributed by atoms with Gasteiger partial charge in [-0.2, -0.15) is 9.97 Å². The number of nitrogens with one attached hydrogen (secondary N) is 1. The molecule has 2 atom stereocenters. The molecular weight excluding hydrogens is 670 g/mol. The predicted octanol–water partition coefficient (Wildman–Crippen LogP) is 6.76. The van der Waals surface area contributed by atoms with Gasteiger partial charge in [-0.1, -0.05) is 50.2 Å². The third kappa shape index (κ3) is 9.97. The maximum Gasteiger partial charge on any atom is 0.243 e. The minimum Gasteiger partial charge on any atom is -0.338 e. The predicted molar refractivity (Wildman–Crippen MR) is 184 cm³/mol. The molecular formula is C36H32BrN9O2. The van der Waals surface area contributed by atoms with E-state index in [4.69, 9.17) is 9.05 Å². The number of nitrogens with zero attached hydrogens (tertiary/aromatic N) is 8. The molecule has 0 spiro atoms. The van der Waals surface area contributed by atoms with Gasteiger partial charge in [0, 0.05) is 41.5 Å². The van der Waals surface area contributed by atoms with Crippen LogP contribution in [0.25, 0.3) is 23.0 Å². The SMILES string of the molecule is CC(Br)c1nc(-c2ccc(C#Cc3ccccn3)cn2)no1.CC(NC(C)(C)C)c1nc(-c2ccc(C#Cc3ccccn3)cn2)no1. The Labute approximate surface area is 287 Å². The van der Waals surface area contributed by atoms with Gasteiger partial charge in [0.15, 0.2) is 0 Å². The van der Waals surface area contributed by atoms with Crippen molar-refractivity contribution in [3.63, 3.8) is 0 Å². The molecule has 2 unspecified atom stereocenters. The van der Waals surface area contributed by atoms with Gasteiger partial charge >= 0.3 is 0 Å². The molecule has 0 fully saturated rings. The van der Waals surface area contributed by atoms with E-state index in [1.54, 1.807) is 24.8 Å². The summed E-state index contributed by atoms with van der Waals surface area (Å²) in [6.07, 6.45) is 6.80. The fourth-order valence-electron chi connectivity index (χ4n) is 4.07. The van der Waals surface area contributed by atoms with E-state index >= 15 is 0 Å². The van der Waals surface area contributed by atoms with E-state index in [2.05, 4.69) is 106 Å². The number of rotatable bonds is 5. The summed E-state index contributed by atoms with van der Waals surface area (Å²) in [5, 5.41) is 11.3. The van der Waals surface area contributed by atoms with Crippen molar-refractivity contribution >= 4 is 15.9 Å². The van der Waals surface area contributed by atoms with Crippen molar-refractivity contribution < 1.29 is 9.05 Å². The summed E-state index contributed by atoms with van der Waals surface area (Å²) in [5.74, 6) is 14.0. The molecule has 1 N–H and O–H groups in total. The number of alkyl halides is 1. The van der Waals surface area contributed by atoms with E-state index in [1.807, 2.05) is 74.5 Å². The molecule has 0 amide bonds. The number of halogens is 1. The largest absolute Gasteiger partial charge is 0.338 e. The Morgan fingerprint density at radius 3 is 1.54 bits per heavy atom. The van der Waals surface area contributed by atoms with E-state index in [1.165, 1.54) is 0 Å². The summed E-state index contributed by atoms with van der Waals surface area (Å²) < 4.78 is 10.5. The first-order valence-corrected chi connectivity index (χ1v) is 15.9. The van der Waals surface area contributed by atoms with Gasteiger partial charge in [-0.05, 0) is 95.0 Å². The van der Waals surface area contributed by atoms with Crippen molar-refractivity contribution in [3.05, 3.63) is 120 Å². The zero-order chi connectivity index (χ0) is 33.9. The second kappa shape index (κ2) is 15.8. The summed E-state index contributed by atoms with van der Waals surface area (Å²) in [4.78, 5) is 25.7. The van der Waals surface area contributed by atoms with Crippen LogP contribution in [0.15, 0.2) is 94.5 Å². The first-order chi connectivity index (χ1) is 23.1. The van der Waals surface area contributed by atoms with Gasteiger partial charge in [-0.25, -0.2) is 9.97 Å². The average molecular weight is 703 g/mol. The van der Waals surface area contributed by atoms with Crippen molar-refractivity contribution in [2.75, 3.05) is 0 Å². The minimum absolute atomic E-state index is 0.0114. The topological polar surface area (TPSA) is 141 Å². The number of hydrogen-bond acceptors (Lipinski definition) is 11. The molecule has 48 heavy (non-hydrogen) atoms. The number of aromatic nitrogens is 8. The highest BCUT2D eigenvalue weighted by atomic mass is 79.9. The Bertz CT molecular complexity index is 2030. The summed E-state index contributed by atoms with van der Waals surface area (Å²) in [7, 11) is 0. The molecule has 0 saturated carbocycles. The molecule has 0 bridgehead atoms. The van der Waals surface area contributed by atoms with Gasteiger partial charge in [-0.3, -0.25) is 9.97 Å². The Morgan fingerprint density at radius 2 is 1.15 bits per heavy atom. The highest BCUT2D eigenvalue weighted by Crippen LogP contribution is 2.22. The van der Waals surface area contributed by atoms with Crippen molar-refractivity contribution in [3.8, 4) is 46.7 Å². The summed E-state index contributed by atoms with van der Waals surface area (Å²) >= 11 is 3.38. The Balaban J connectivity index is 0.000000190. The molecule has 12 heteroatoms. The van der Waals surface area contributed by atoms with E-state index in [-0.39, 0.29) is 16.4 Å². The number of hydrogen-bond donors (Lipinski definition) is 1. The quantitative estimate of drug-likeness (QED) is 0.151. The monoisotopic (exact) mass is 701 g/mol. The Morgan fingerprint density at radius 1 is 0.646 bits per heavy atom. The molecule has 0 aliphatic rings. The van der Waals surface area contributed by atoms with E-state index in [0.29, 0.717) is 34.8 Å². The molecule has 0 radical (unpaired) electrons. The molecule has 6 aromatic rings. The van der Waals surface area contributed by atoms with Crippen LogP contribution in [0.4, 0.5) is 0 Å². The molecule has 0 saturated heterocycles. The lowest BCUT2D eigenvalue weighted by Gasteiger charge is -2.23. The van der Waals surface area contributed by atoms with Gasteiger partial charge in [0.25, 0.3) is 0 Å².